The molecular weight excluding hydrogens is 292 g/mol. The first kappa shape index (κ1) is 19.0. The van der Waals surface area contributed by atoms with Crippen molar-refractivity contribution in [2.75, 3.05) is 5.32 Å². The van der Waals surface area contributed by atoms with Gasteiger partial charge >= 0.3 is 0 Å². The van der Waals surface area contributed by atoms with Crippen LogP contribution in [0.4, 0.5) is 5.69 Å². The summed E-state index contributed by atoms with van der Waals surface area (Å²) in [5, 5.41) is 5.61. The molecule has 0 bridgehead atoms. The van der Waals surface area contributed by atoms with Gasteiger partial charge in [0.05, 0.1) is 6.10 Å². The second kappa shape index (κ2) is 7.02. The number of carbonyl (C=O) groups excluding carboxylic acids is 2. The maximum atomic E-state index is 12.4. The predicted molar refractivity (Wildman–Crippen MR) is 92.5 cm³/mol. The van der Waals surface area contributed by atoms with Crippen molar-refractivity contribution >= 4 is 17.5 Å². The van der Waals surface area contributed by atoms with E-state index in [9.17, 15) is 9.59 Å². The fraction of sp³-hybridized carbons (Fsp3) is 0.556. The average Bonchev–Trinajstić information content (AvgIpc) is 2.38. The molecule has 0 aliphatic heterocycles. The Balaban J connectivity index is 2.76. The highest BCUT2D eigenvalue weighted by Crippen LogP contribution is 2.22. The lowest BCUT2D eigenvalue weighted by molar-refractivity contribution is -0.139. The van der Waals surface area contributed by atoms with E-state index in [1.807, 2.05) is 34.6 Å². The van der Waals surface area contributed by atoms with Gasteiger partial charge in [-0.3, -0.25) is 9.59 Å². The summed E-state index contributed by atoms with van der Waals surface area (Å²) in [5.41, 5.74) is -0.923. The number of carbonyl (C=O) groups is 2. The van der Waals surface area contributed by atoms with Gasteiger partial charge in [-0.15, -0.1) is 0 Å². The summed E-state index contributed by atoms with van der Waals surface area (Å²) in [6.07, 6.45) is 0.0930. The molecule has 0 unspecified atom stereocenters. The third kappa shape index (κ3) is 5.93. The van der Waals surface area contributed by atoms with E-state index in [0.29, 0.717) is 5.69 Å². The Kier molecular flexibility index (Phi) is 5.81. The van der Waals surface area contributed by atoms with Gasteiger partial charge in [-0.25, -0.2) is 0 Å². The van der Waals surface area contributed by atoms with Gasteiger partial charge < -0.3 is 15.4 Å². The van der Waals surface area contributed by atoms with Gasteiger partial charge in [-0.05, 0) is 72.7 Å². The molecule has 128 valence electrons. The van der Waals surface area contributed by atoms with E-state index in [0.717, 1.165) is 5.75 Å². The van der Waals surface area contributed by atoms with Crippen LogP contribution >= 0.6 is 0 Å². The van der Waals surface area contributed by atoms with Gasteiger partial charge in [0, 0.05) is 11.2 Å². The molecule has 0 spiro atoms. The van der Waals surface area contributed by atoms with Crippen molar-refractivity contribution in [2.24, 2.45) is 5.41 Å². The van der Waals surface area contributed by atoms with Crippen LogP contribution in [0, 0.1) is 5.41 Å². The molecule has 0 aromatic heterocycles. The third-order valence-corrected chi connectivity index (χ3v) is 3.11. The molecule has 23 heavy (non-hydrogen) atoms. The summed E-state index contributed by atoms with van der Waals surface area (Å²) in [6.45, 7) is 12.8. The third-order valence-electron chi connectivity index (χ3n) is 3.11. The molecule has 0 heterocycles. The van der Waals surface area contributed by atoms with E-state index in [4.69, 9.17) is 4.74 Å². The summed E-state index contributed by atoms with van der Waals surface area (Å²) in [6, 6.07) is 7.09. The van der Waals surface area contributed by atoms with Gasteiger partial charge in [-0.1, -0.05) is 0 Å². The lowest BCUT2D eigenvalue weighted by Crippen LogP contribution is -2.51. The lowest BCUT2D eigenvalue weighted by Gasteiger charge is -2.28. The van der Waals surface area contributed by atoms with Gasteiger partial charge in [0.25, 0.3) is 0 Å². The minimum atomic E-state index is -1.17. The van der Waals surface area contributed by atoms with Crippen LogP contribution in [0.15, 0.2) is 24.3 Å². The van der Waals surface area contributed by atoms with E-state index in [-0.39, 0.29) is 23.5 Å². The summed E-state index contributed by atoms with van der Waals surface area (Å²) in [7, 11) is 0. The quantitative estimate of drug-likeness (QED) is 0.818. The van der Waals surface area contributed by atoms with Crippen molar-refractivity contribution < 1.29 is 14.3 Å². The number of nitrogens with one attached hydrogen (secondary N) is 2. The second-order valence-electron chi connectivity index (χ2n) is 7.47. The number of hydrogen-bond acceptors (Lipinski definition) is 3. The lowest BCUT2D eigenvalue weighted by atomic mass is 9.89. The monoisotopic (exact) mass is 320 g/mol. The number of anilines is 1. The first-order valence-electron chi connectivity index (χ1n) is 7.82. The number of amides is 2. The topological polar surface area (TPSA) is 67.4 Å². The Morgan fingerprint density at radius 2 is 1.48 bits per heavy atom. The molecule has 5 nitrogen and oxygen atoms in total. The van der Waals surface area contributed by atoms with Crippen molar-refractivity contribution in [1.82, 2.24) is 5.32 Å². The summed E-state index contributed by atoms with van der Waals surface area (Å²) in [5.74, 6) is 0.0850. The summed E-state index contributed by atoms with van der Waals surface area (Å²) in [4.78, 5) is 24.7. The first-order chi connectivity index (χ1) is 10.4. The molecule has 1 rings (SSSR count). The largest absolute Gasteiger partial charge is 0.491 e. The van der Waals surface area contributed by atoms with Gasteiger partial charge in [0.15, 0.2) is 0 Å². The number of rotatable bonds is 5. The average molecular weight is 320 g/mol. The Labute approximate surface area is 138 Å². The van der Waals surface area contributed by atoms with E-state index >= 15 is 0 Å². The van der Waals surface area contributed by atoms with Crippen molar-refractivity contribution in [2.45, 2.75) is 60.1 Å². The minimum absolute atomic E-state index is 0.0930. The van der Waals surface area contributed by atoms with Crippen LogP contribution in [0.2, 0.25) is 0 Å². The standard InChI is InChI=1S/C18H28N2O3/c1-12(2)23-14-10-8-13(9-11-14)19-15(21)18(6,7)16(22)20-17(3,4)5/h8-12H,1-7H3,(H,19,21)(H,20,22). The Bertz CT molecular complexity index is 555. The van der Waals surface area contributed by atoms with Crippen LogP contribution in [-0.4, -0.2) is 23.5 Å². The highest BCUT2D eigenvalue weighted by atomic mass is 16.5. The van der Waals surface area contributed by atoms with Crippen molar-refractivity contribution in [1.29, 1.82) is 0 Å². The zero-order chi connectivity index (χ0) is 17.8. The molecule has 0 aliphatic carbocycles. The van der Waals surface area contributed by atoms with Gasteiger partial charge in [0.1, 0.15) is 11.2 Å². The smallest absolute Gasteiger partial charge is 0.239 e. The maximum absolute atomic E-state index is 12.4. The first-order valence-corrected chi connectivity index (χ1v) is 7.82. The van der Waals surface area contributed by atoms with Gasteiger partial charge in [0.2, 0.25) is 11.8 Å². The Morgan fingerprint density at radius 1 is 0.957 bits per heavy atom. The molecule has 0 saturated carbocycles. The summed E-state index contributed by atoms with van der Waals surface area (Å²) >= 11 is 0. The maximum Gasteiger partial charge on any atom is 0.239 e. The molecule has 2 amide bonds. The Hall–Kier alpha value is -2.04. The minimum Gasteiger partial charge on any atom is -0.491 e. The molecule has 1 aromatic carbocycles. The fourth-order valence-corrected chi connectivity index (χ4v) is 1.78. The van der Waals surface area contributed by atoms with E-state index in [1.54, 1.807) is 38.1 Å². The van der Waals surface area contributed by atoms with Gasteiger partial charge in [-0.2, -0.15) is 0 Å². The Morgan fingerprint density at radius 3 is 1.91 bits per heavy atom. The van der Waals surface area contributed by atoms with Crippen LogP contribution in [-0.2, 0) is 9.59 Å². The zero-order valence-corrected chi connectivity index (χ0v) is 15.1. The van der Waals surface area contributed by atoms with E-state index in [2.05, 4.69) is 10.6 Å². The van der Waals surface area contributed by atoms with Crippen LogP contribution in [0.5, 0.6) is 5.75 Å². The number of ether oxygens (including phenoxy) is 1. The second-order valence-corrected chi connectivity index (χ2v) is 7.47. The molecule has 2 N–H and O–H groups in total. The predicted octanol–water partition coefficient (Wildman–Crippen LogP) is 3.35. The molecule has 0 fully saturated rings. The number of hydrogen-bond donors (Lipinski definition) is 2. The van der Waals surface area contributed by atoms with E-state index in [1.165, 1.54) is 0 Å². The van der Waals surface area contributed by atoms with Crippen molar-refractivity contribution in [3.05, 3.63) is 24.3 Å². The molecule has 0 radical (unpaired) electrons. The molecule has 0 saturated heterocycles. The van der Waals surface area contributed by atoms with Crippen LogP contribution in [0.3, 0.4) is 0 Å². The highest BCUT2D eigenvalue weighted by Gasteiger charge is 2.37. The van der Waals surface area contributed by atoms with Crippen molar-refractivity contribution in [3.63, 3.8) is 0 Å². The SMILES string of the molecule is CC(C)Oc1ccc(NC(=O)C(C)(C)C(=O)NC(C)(C)C)cc1. The van der Waals surface area contributed by atoms with Crippen molar-refractivity contribution in [3.8, 4) is 5.75 Å². The van der Waals surface area contributed by atoms with Crippen LogP contribution in [0.1, 0.15) is 48.5 Å². The summed E-state index contributed by atoms with van der Waals surface area (Å²) < 4.78 is 5.56. The zero-order valence-electron chi connectivity index (χ0n) is 15.1. The highest BCUT2D eigenvalue weighted by molar-refractivity contribution is 6.10. The number of benzene rings is 1. The fourth-order valence-electron chi connectivity index (χ4n) is 1.78. The molecule has 0 atom stereocenters. The normalized spacial score (nSPS) is 12.0. The van der Waals surface area contributed by atoms with Crippen LogP contribution in [0.25, 0.3) is 0 Å². The van der Waals surface area contributed by atoms with E-state index < -0.39 is 5.41 Å². The molecule has 0 aliphatic rings. The van der Waals surface area contributed by atoms with Crippen LogP contribution < -0.4 is 15.4 Å². The molecule has 5 heteroatoms. The molecular formula is C18H28N2O3. The molecule has 1 aromatic rings.